The van der Waals surface area contributed by atoms with E-state index in [0.717, 1.165) is 22.7 Å². The lowest BCUT2D eigenvalue weighted by molar-refractivity contribution is -0.137. The van der Waals surface area contributed by atoms with Crippen molar-refractivity contribution < 1.29 is 13.9 Å². The second-order valence-corrected chi connectivity index (χ2v) is 6.09. The van der Waals surface area contributed by atoms with Gasteiger partial charge in [0.2, 0.25) is 0 Å². The average Bonchev–Trinajstić information content (AvgIpc) is 3.24. The third-order valence-corrected chi connectivity index (χ3v) is 4.48. The summed E-state index contributed by atoms with van der Waals surface area (Å²) in [5.41, 5.74) is 2.11. The van der Waals surface area contributed by atoms with Gasteiger partial charge >= 0.3 is 5.97 Å². The SMILES string of the molecule is COC(=O)CSc1nnc(-c2ccccc2C)n1Cc1ccco1. The molecule has 1 aromatic carbocycles. The lowest BCUT2D eigenvalue weighted by atomic mass is 10.1. The second kappa shape index (κ2) is 7.35. The van der Waals surface area contributed by atoms with E-state index in [1.54, 1.807) is 6.26 Å². The van der Waals surface area contributed by atoms with Crippen LogP contribution in [-0.4, -0.2) is 33.6 Å². The molecule has 0 aliphatic rings. The summed E-state index contributed by atoms with van der Waals surface area (Å²) in [5.74, 6) is 1.42. The van der Waals surface area contributed by atoms with Gasteiger partial charge in [0, 0.05) is 5.56 Å². The predicted molar refractivity (Wildman–Crippen MR) is 90.7 cm³/mol. The van der Waals surface area contributed by atoms with Crippen molar-refractivity contribution in [3.63, 3.8) is 0 Å². The summed E-state index contributed by atoms with van der Waals surface area (Å²) in [6.07, 6.45) is 1.63. The van der Waals surface area contributed by atoms with Crippen molar-refractivity contribution in [1.29, 1.82) is 0 Å². The minimum atomic E-state index is -0.301. The fourth-order valence-corrected chi connectivity index (χ4v) is 3.07. The zero-order valence-corrected chi connectivity index (χ0v) is 14.2. The number of furan rings is 1. The van der Waals surface area contributed by atoms with E-state index in [0.29, 0.717) is 11.7 Å². The van der Waals surface area contributed by atoms with E-state index in [1.807, 2.05) is 47.9 Å². The number of hydrogen-bond acceptors (Lipinski definition) is 6. The maximum atomic E-state index is 11.4. The molecule has 0 saturated heterocycles. The van der Waals surface area contributed by atoms with E-state index in [2.05, 4.69) is 10.2 Å². The quantitative estimate of drug-likeness (QED) is 0.506. The van der Waals surface area contributed by atoms with Crippen molar-refractivity contribution in [2.45, 2.75) is 18.6 Å². The van der Waals surface area contributed by atoms with Crippen LogP contribution in [0.25, 0.3) is 11.4 Å². The van der Waals surface area contributed by atoms with Crippen LogP contribution in [0.1, 0.15) is 11.3 Å². The number of aromatic nitrogens is 3. The standard InChI is InChI=1S/C17H17N3O3S/c1-12-6-3-4-8-14(12)16-18-19-17(24-11-15(21)22-2)20(16)10-13-7-5-9-23-13/h3-9H,10-11H2,1-2H3. The Kier molecular flexibility index (Phi) is 5.00. The van der Waals surface area contributed by atoms with Crippen LogP contribution in [0.5, 0.6) is 0 Å². The zero-order valence-electron chi connectivity index (χ0n) is 13.4. The van der Waals surface area contributed by atoms with E-state index >= 15 is 0 Å². The fourth-order valence-electron chi connectivity index (χ4n) is 2.30. The molecule has 0 aliphatic carbocycles. The van der Waals surface area contributed by atoms with Gasteiger partial charge in [0.1, 0.15) is 5.76 Å². The molecule has 0 spiro atoms. The lowest BCUT2D eigenvalue weighted by Crippen LogP contribution is -2.07. The van der Waals surface area contributed by atoms with Gasteiger partial charge < -0.3 is 9.15 Å². The molecule has 0 saturated carbocycles. The molecule has 3 rings (SSSR count). The smallest absolute Gasteiger partial charge is 0.316 e. The fraction of sp³-hybridized carbons (Fsp3) is 0.235. The van der Waals surface area contributed by atoms with E-state index in [9.17, 15) is 4.79 Å². The summed E-state index contributed by atoms with van der Waals surface area (Å²) < 4.78 is 12.1. The first-order chi connectivity index (χ1) is 11.7. The Balaban J connectivity index is 1.97. The molecule has 0 N–H and O–H groups in total. The van der Waals surface area contributed by atoms with Gasteiger partial charge in [-0.3, -0.25) is 9.36 Å². The van der Waals surface area contributed by atoms with Crippen LogP contribution >= 0.6 is 11.8 Å². The molecule has 2 aromatic heterocycles. The molecule has 7 heteroatoms. The first kappa shape index (κ1) is 16.3. The van der Waals surface area contributed by atoms with Gasteiger partial charge in [0.15, 0.2) is 11.0 Å². The Morgan fingerprint density at radius 3 is 2.79 bits per heavy atom. The highest BCUT2D eigenvalue weighted by molar-refractivity contribution is 7.99. The largest absolute Gasteiger partial charge is 0.468 e. The van der Waals surface area contributed by atoms with Gasteiger partial charge in [0.05, 0.1) is 25.7 Å². The van der Waals surface area contributed by atoms with Gasteiger partial charge in [-0.2, -0.15) is 0 Å². The molecule has 0 amide bonds. The van der Waals surface area contributed by atoms with Crippen molar-refractivity contribution in [1.82, 2.24) is 14.8 Å². The van der Waals surface area contributed by atoms with Crippen molar-refractivity contribution >= 4 is 17.7 Å². The van der Waals surface area contributed by atoms with Crippen LogP contribution < -0.4 is 0 Å². The van der Waals surface area contributed by atoms with Crippen LogP contribution in [0.4, 0.5) is 0 Å². The first-order valence-electron chi connectivity index (χ1n) is 7.40. The molecule has 0 radical (unpaired) electrons. The molecule has 24 heavy (non-hydrogen) atoms. The number of ether oxygens (including phenoxy) is 1. The number of methoxy groups -OCH3 is 1. The third kappa shape index (κ3) is 3.51. The highest BCUT2D eigenvalue weighted by Crippen LogP contribution is 2.27. The van der Waals surface area contributed by atoms with Crippen molar-refractivity contribution in [3.05, 3.63) is 54.0 Å². The highest BCUT2D eigenvalue weighted by Gasteiger charge is 2.18. The molecule has 0 fully saturated rings. The molecule has 0 bridgehead atoms. The number of carbonyl (C=O) groups excluding carboxylic acids is 1. The summed E-state index contributed by atoms with van der Waals surface area (Å²) in [6, 6.07) is 11.7. The Bertz CT molecular complexity index is 827. The minimum Gasteiger partial charge on any atom is -0.468 e. The van der Waals surface area contributed by atoms with Gasteiger partial charge in [-0.1, -0.05) is 36.0 Å². The van der Waals surface area contributed by atoms with E-state index in [-0.39, 0.29) is 11.7 Å². The first-order valence-corrected chi connectivity index (χ1v) is 8.39. The monoisotopic (exact) mass is 343 g/mol. The molecule has 0 aliphatic heterocycles. The van der Waals surface area contributed by atoms with E-state index in [1.165, 1.54) is 18.9 Å². The zero-order chi connectivity index (χ0) is 16.9. The Labute approximate surface area is 143 Å². The van der Waals surface area contributed by atoms with Crippen LogP contribution in [0.2, 0.25) is 0 Å². The lowest BCUT2D eigenvalue weighted by Gasteiger charge is -2.10. The van der Waals surface area contributed by atoms with Crippen molar-refractivity contribution in [3.8, 4) is 11.4 Å². The number of benzene rings is 1. The van der Waals surface area contributed by atoms with E-state index in [4.69, 9.17) is 9.15 Å². The average molecular weight is 343 g/mol. The number of esters is 1. The summed E-state index contributed by atoms with van der Waals surface area (Å²) in [7, 11) is 1.37. The van der Waals surface area contributed by atoms with Crippen LogP contribution in [0.15, 0.2) is 52.2 Å². The Hall–Kier alpha value is -2.54. The molecule has 124 valence electrons. The number of nitrogens with zero attached hydrogens (tertiary/aromatic N) is 3. The Morgan fingerprint density at radius 2 is 2.08 bits per heavy atom. The summed E-state index contributed by atoms with van der Waals surface area (Å²) >= 11 is 1.30. The van der Waals surface area contributed by atoms with Crippen molar-refractivity contribution in [2.75, 3.05) is 12.9 Å². The molecule has 0 atom stereocenters. The van der Waals surface area contributed by atoms with E-state index < -0.39 is 0 Å². The van der Waals surface area contributed by atoms with Crippen molar-refractivity contribution in [2.24, 2.45) is 0 Å². The van der Waals surface area contributed by atoms with Crippen LogP contribution in [-0.2, 0) is 16.1 Å². The topological polar surface area (TPSA) is 70.2 Å². The highest BCUT2D eigenvalue weighted by atomic mass is 32.2. The summed E-state index contributed by atoms with van der Waals surface area (Å²) in [5, 5.41) is 9.22. The van der Waals surface area contributed by atoms with Crippen LogP contribution in [0, 0.1) is 6.92 Å². The molecular weight excluding hydrogens is 326 g/mol. The predicted octanol–water partition coefficient (Wildman–Crippen LogP) is 3.16. The van der Waals surface area contributed by atoms with Gasteiger partial charge in [-0.05, 0) is 24.6 Å². The summed E-state index contributed by atoms with van der Waals surface area (Å²) in [6.45, 7) is 2.52. The van der Waals surface area contributed by atoms with Gasteiger partial charge in [0.25, 0.3) is 0 Å². The molecule has 0 unspecified atom stereocenters. The van der Waals surface area contributed by atoms with Gasteiger partial charge in [-0.25, -0.2) is 0 Å². The number of aryl methyl sites for hydroxylation is 1. The molecule has 2 heterocycles. The molecular formula is C17H17N3O3S. The third-order valence-electron chi connectivity index (χ3n) is 3.54. The normalized spacial score (nSPS) is 10.8. The summed E-state index contributed by atoms with van der Waals surface area (Å²) in [4.78, 5) is 11.4. The van der Waals surface area contributed by atoms with Crippen LogP contribution in [0.3, 0.4) is 0 Å². The maximum absolute atomic E-state index is 11.4. The van der Waals surface area contributed by atoms with Gasteiger partial charge in [-0.15, -0.1) is 10.2 Å². The minimum absolute atomic E-state index is 0.181. The number of hydrogen-bond donors (Lipinski definition) is 0. The maximum Gasteiger partial charge on any atom is 0.316 e. The molecule has 3 aromatic rings. The molecule has 6 nitrogen and oxygen atoms in total. The number of rotatable bonds is 6. The Morgan fingerprint density at radius 1 is 1.25 bits per heavy atom. The second-order valence-electron chi connectivity index (χ2n) is 5.15. The number of carbonyl (C=O) groups is 1. The number of thioether (sulfide) groups is 1.